The van der Waals surface area contributed by atoms with E-state index in [1.165, 1.54) is 13.8 Å². The molecular formula is C31H66O45P11-11. The molecule has 56 heteroatoms. The molecule has 0 aromatic rings. The Morgan fingerprint density at radius 2 is 0.402 bits per heavy atom. The molecule has 0 heterocycles. The van der Waals surface area contributed by atoms with Crippen LogP contribution in [-0.4, -0.2) is 154 Å². The van der Waals surface area contributed by atoms with E-state index in [9.17, 15) is 104 Å². The fourth-order valence-corrected chi connectivity index (χ4v) is 11.6. The van der Waals surface area contributed by atoms with Gasteiger partial charge in [-0.3, -0.25) is 50.2 Å². The predicted molar refractivity (Wildman–Crippen MR) is 261 cm³/mol. The minimum Gasteiger partial charge on any atom is -0.756 e. The van der Waals surface area contributed by atoms with Crippen molar-refractivity contribution in [1.29, 1.82) is 0 Å². The molecular weight excluding hydrogens is 1430 g/mol. The number of hydrogen-bond acceptors (Lipinski definition) is 43. The van der Waals surface area contributed by atoms with E-state index in [0.29, 0.717) is 12.8 Å². The van der Waals surface area contributed by atoms with Crippen molar-refractivity contribution in [2.24, 2.45) is 17.8 Å². The Kier molecular flexibility index (Phi) is 46.5. The highest BCUT2D eigenvalue weighted by molar-refractivity contribution is 7.48. The molecule has 0 radical (unpaired) electrons. The SMILES string of the molecule is CCC(CO)COP(=O)([O-])OCCOP(=O)([O-])OCCOP(=O)([O-])OCCOP(=O)([O-])OCCOP(=O)([O-])OCCOP(=O)([O-])OCCOP(=O)([O-])OCCOP(=O)([O-])OCC(CC)COP(=O)([O-])O.CCOP(=O)([O-])OCC(CC)COP(=O)([O-])O. The molecule has 87 heavy (non-hydrogen) atoms. The fourth-order valence-electron chi connectivity index (χ4n) is 4.44. The molecule has 0 aliphatic rings. The second-order valence-electron chi connectivity index (χ2n) is 15.5. The molecule has 14 atom stereocenters. The van der Waals surface area contributed by atoms with Gasteiger partial charge in [0.25, 0.3) is 86.0 Å². The van der Waals surface area contributed by atoms with E-state index in [2.05, 4.69) is 90.5 Å². The lowest BCUT2D eigenvalue weighted by Crippen LogP contribution is -2.20. The first-order chi connectivity index (χ1) is 39.8. The Bertz CT molecular complexity index is 2440. The summed E-state index contributed by atoms with van der Waals surface area (Å²) in [6, 6.07) is 0. The number of rotatable bonds is 56. The van der Waals surface area contributed by atoms with Gasteiger partial charge in [-0.15, -0.1) is 0 Å². The fraction of sp³-hybridized carbons (Fsp3) is 1.00. The van der Waals surface area contributed by atoms with Crippen LogP contribution in [0.25, 0.3) is 0 Å². The Balaban J connectivity index is 0. The van der Waals surface area contributed by atoms with Crippen LogP contribution in [0, 0.1) is 17.8 Å². The lowest BCUT2D eigenvalue weighted by atomic mass is 10.1. The van der Waals surface area contributed by atoms with Gasteiger partial charge < -0.3 is 159 Å². The van der Waals surface area contributed by atoms with Gasteiger partial charge in [0.05, 0.1) is 132 Å². The van der Waals surface area contributed by atoms with E-state index in [0.717, 1.165) is 0 Å². The molecule has 0 saturated carbocycles. The molecule has 0 fully saturated rings. The van der Waals surface area contributed by atoms with E-state index in [1.54, 1.807) is 13.8 Å². The number of hydrogen-bond donors (Lipinski definition) is 3. The molecule has 0 spiro atoms. The molecule has 45 nitrogen and oxygen atoms in total. The second kappa shape index (κ2) is 44.8. The van der Waals surface area contributed by atoms with E-state index >= 15 is 0 Å². The van der Waals surface area contributed by atoms with Crippen LogP contribution in [0.2, 0.25) is 0 Å². The summed E-state index contributed by atoms with van der Waals surface area (Å²) in [5.41, 5.74) is 0. The maximum Gasteiger partial charge on any atom is 0.268 e. The van der Waals surface area contributed by atoms with Gasteiger partial charge >= 0.3 is 0 Å². The monoisotopic (exact) mass is 1500 g/mol. The smallest absolute Gasteiger partial charge is 0.268 e. The van der Waals surface area contributed by atoms with E-state index < -0.39 is 210 Å². The van der Waals surface area contributed by atoms with Gasteiger partial charge in [-0.25, -0.2) is 0 Å². The molecule has 0 aromatic heterocycles. The van der Waals surface area contributed by atoms with Gasteiger partial charge in [-0.05, 0) is 26.2 Å². The summed E-state index contributed by atoms with van der Waals surface area (Å²) < 4.78 is 213. The van der Waals surface area contributed by atoms with Crippen molar-refractivity contribution in [2.75, 3.05) is 139 Å². The Hall–Kier alpha value is 1.17. The van der Waals surface area contributed by atoms with Gasteiger partial charge in [0.15, 0.2) is 0 Å². The van der Waals surface area contributed by atoms with Crippen LogP contribution in [0.15, 0.2) is 0 Å². The zero-order chi connectivity index (χ0) is 67.3. The van der Waals surface area contributed by atoms with Gasteiger partial charge in [-0.1, -0.05) is 20.8 Å². The minimum atomic E-state index is -5.26. The molecule has 0 aliphatic carbocycles. The summed E-state index contributed by atoms with van der Waals surface area (Å²) in [5.74, 6) is -1.78. The van der Waals surface area contributed by atoms with Crippen molar-refractivity contribution in [3.8, 4) is 0 Å². The Morgan fingerprint density at radius 1 is 0.253 bits per heavy atom. The van der Waals surface area contributed by atoms with Crippen LogP contribution in [0.3, 0.4) is 0 Å². The van der Waals surface area contributed by atoms with Gasteiger partial charge in [0.2, 0.25) is 0 Å². The molecule has 3 N–H and O–H groups in total. The summed E-state index contributed by atoms with van der Waals surface area (Å²) in [5, 5.41) is 9.03. The van der Waals surface area contributed by atoms with E-state index in [-0.39, 0.29) is 39.5 Å². The standard InChI is InChI=1S/C24H59O37P9.C7H18O8P2/c1-3-23(19-25)20-60-69(41,42)57-17-15-55-67(37,38)53-13-11-51-65(33,34)49-9-7-47-63(29,30)45-5-6-46-64(31,32)48-8-10-50-66(35,36)52-12-14-54-68(39,40)56-16-18-58-70(43,44)61-22-24(4-2)21-59-62(26,27)28;1-3-7(5-14-16(8,9)10)6-15-17(11,12)13-4-2/h23-25H,3-22H2,1-2H3,(H,29,30)(H,31,32)(H,33,34)(H,35,36)(H,37,38)(H,39,40)(H,41,42)(H,43,44)(H2,26,27,28);7H,3-6H2,1-2H3,(H,11,12)(H2,8,9,10)/p-11. The largest absolute Gasteiger partial charge is 0.756 e. The van der Waals surface area contributed by atoms with Crippen LogP contribution in [0.1, 0.15) is 47.0 Å². The van der Waals surface area contributed by atoms with Crippen molar-refractivity contribution in [3.05, 3.63) is 0 Å². The third-order valence-corrected chi connectivity index (χ3v) is 18.6. The van der Waals surface area contributed by atoms with Crippen LogP contribution in [0.4, 0.5) is 0 Å². The van der Waals surface area contributed by atoms with Crippen LogP contribution in [0.5, 0.6) is 0 Å². The third-order valence-electron chi connectivity index (χ3n) is 8.70. The van der Waals surface area contributed by atoms with Crippen molar-refractivity contribution in [2.45, 2.75) is 47.0 Å². The Morgan fingerprint density at radius 3 is 0.552 bits per heavy atom. The molecule has 0 bridgehead atoms. The predicted octanol–water partition coefficient (Wildman–Crippen LogP) is -3.47. The summed E-state index contributed by atoms with van der Waals surface area (Å²) in [4.78, 5) is 143. The lowest BCUT2D eigenvalue weighted by molar-refractivity contribution is -0.238. The quantitative estimate of drug-likeness (QED) is 0.0393. The highest BCUT2D eigenvalue weighted by Crippen LogP contribution is 2.46. The average molecular weight is 1500 g/mol. The van der Waals surface area contributed by atoms with Crippen LogP contribution < -0.4 is 53.8 Å². The highest BCUT2D eigenvalue weighted by Gasteiger charge is 2.21. The number of phosphoric ester groups is 11. The molecule has 0 rings (SSSR count). The normalized spacial score (nSPS) is 20.9. The van der Waals surface area contributed by atoms with Gasteiger partial charge in [0, 0.05) is 24.4 Å². The molecule has 0 aliphatic heterocycles. The Labute approximate surface area is 497 Å². The molecule has 526 valence electrons. The van der Waals surface area contributed by atoms with Crippen LogP contribution >= 0.6 is 86.0 Å². The highest BCUT2D eigenvalue weighted by atomic mass is 31.2. The molecule has 0 aromatic carbocycles. The van der Waals surface area contributed by atoms with Crippen LogP contribution in [-0.2, 0) is 141 Å². The van der Waals surface area contributed by atoms with E-state index in [1.807, 2.05) is 0 Å². The lowest BCUT2D eigenvalue weighted by Gasteiger charge is -2.27. The number of phosphoric acid groups is 11. The first-order valence-electron chi connectivity index (χ1n) is 24.2. The topological polar surface area (TPSA) is 687 Å². The molecule has 0 saturated heterocycles. The maximum atomic E-state index is 11.8. The van der Waals surface area contributed by atoms with Crippen molar-refractivity contribution < 1.29 is 209 Å². The minimum absolute atomic E-state index is 0.0412. The number of aliphatic hydroxyl groups is 1. The summed E-state index contributed by atoms with van der Waals surface area (Å²) in [6.07, 6.45) is 0.974. The molecule has 14 unspecified atom stereocenters. The average Bonchev–Trinajstić information content (AvgIpc) is 3.53. The zero-order valence-electron chi connectivity index (χ0n) is 46.1. The first kappa shape index (κ1) is 90.2. The summed E-state index contributed by atoms with van der Waals surface area (Å²) in [6.45, 7) is -9.93. The van der Waals surface area contributed by atoms with E-state index in [4.69, 9.17) is 14.9 Å². The summed E-state index contributed by atoms with van der Waals surface area (Å²) in [7, 11) is -55.4. The third kappa shape index (κ3) is 56.1. The molecule has 0 amide bonds. The second-order valence-corrected chi connectivity index (χ2v) is 30.6. The summed E-state index contributed by atoms with van der Waals surface area (Å²) >= 11 is 0. The van der Waals surface area contributed by atoms with Gasteiger partial charge in [0.1, 0.15) is 0 Å². The zero-order valence-corrected chi connectivity index (χ0v) is 55.9. The van der Waals surface area contributed by atoms with Gasteiger partial charge in [-0.2, -0.15) is 0 Å². The van der Waals surface area contributed by atoms with Crippen molar-refractivity contribution >= 4 is 86.0 Å². The van der Waals surface area contributed by atoms with Crippen molar-refractivity contribution in [1.82, 2.24) is 0 Å². The number of aliphatic hydroxyl groups excluding tert-OH is 1. The first-order valence-corrected chi connectivity index (χ1v) is 40.3. The van der Waals surface area contributed by atoms with Crippen molar-refractivity contribution in [3.63, 3.8) is 0 Å². The maximum absolute atomic E-state index is 11.8.